The lowest BCUT2D eigenvalue weighted by Crippen LogP contribution is -2.34. The van der Waals surface area contributed by atoms with Crippen molar-refractivity contribution in [1.82, 2.24) is 15.1 Å². The molecule has 2 saturated heterocycles. The smallest absolute Gasteiger partial charge is 0.325 e. The fourth-order valence-corrected chi connectivity index (χ4v) is 3.38. The lowest BCUT2D eigenvalue weighted by molar-refractivity contribution is -0.131. The van der Waals surface area contributed by atoms with Crippen LogP contribution in [0.2, 0.25) is 0 Å². The van der Waals surface area contributed by atoms with Gasteiger partial charge in [-0.15, -0.1) is 0 Å². The minimum Gasteiger partial charge on any atom is -0.343 e. The Morgan fingerprint density at radius 3 is 2.54 bits per heavy atom. The first-order valence-electron chi connectivity index (χ1n) is 8.54. The monoisotopic (exact) mass is 329 g/mol. The highest BCUT2D eigenvalue weighted by atomic mass is 16.2. The molecular weight excluding hydrogens is 306 g/mol. The van der Waals surface area contributed by atoms with Crippen LogP contribution in [0.5, 0.6) is 0 Å². The molecule has 0 aliphatic carbocycles. The van der Waals surface area contributed by atoms with Crippen molar-refractivity contribution in [3.05, 3.63) is 35.9 Å². The summed E-state index contributed by atoms with van der Waals surface area (Å²) in [5, 5.41) is 2.72. The van der Waals surface area contributed by atoms with E-state index in [9.17, 15) is 14.4 Å². The third kappa shape index (κ3) is 3.27. The van der Waals surface area contributed by atoms with Crippen molar-refractivity contribution in [1.29, 1.82) is 0 Å². The van der Waals surface area contributed by atoms with Gasteiger partial charge >= 0.3 is 6.03 Å². The first kappa shape index (κ1) is 16.5. The molecular formula is C18H23N3O3. The number of carbonyl (C=O) groups is 3. The molecule has 2 heterocycles. The Bertz CT molecular complexity index is 626. The van der Waals surface area contributed by atoms with Crippen LogP contribution in [0.1, 0.15) is 44.2 Å². The minimum absolute atomic E-state index is 0.0732. The van der Waals surface area contributed by atoms with Crippen LogP contribution in [0.4, 0.5) is 4.79 Å². The fraction of sp³-hybridized carbons (Fsp3) is 0.500. The van der Waals surface area contributed by atoms with Gasteiger partial charge in [0, 0.05) is 19.5 Å². The molecule has 3 rings (SSSR count). The Morgan fingerprint density at radius 1 is 1.21 bits per heavy atom. The predicted octanol–water partition coefficient (Wildman–Crippen LogP) is 2.07. The van der Waals surface area contributed by atoms with Gasteiger partial charge in [0.15, 0.2) is 0 Å². The zero-order valence-corrected chi connectivity index (χ0v) is 13.9. The SMILES string of the molecule is C[C@H](c1ccccc1)N1C(=O)N[C@@H](CCC(=O)N2CCCC2)C1=O. The van der Waals surface area contributed by atoms with Crippen LogP contribution in [0.15, 0.2) is 30.3 Å². The van der Waals surface area contributed by atoms with Crippen LogP contribution in [0.25, 0.3) is 0 Å². The topological polar surface area (TPSA) is 69.7 Å². The number of hydrogen-bond acceptors (Lipinski definition) is 3. The highest BCUT2D eigenvalue weighted by molar-refractivity contribution is 6.04. The first-order chi connectivity index (χ1) is 11.6. The zero-order chi connectivity index (χ0) is 17.1. The summed E-state index contributed by atoms with van der Waals surface area (Å²) >= 11 is 0. The molecule has 0 aromatic heterocycles. The molecule has 6 nitrogen and oxygen atoms in total. The molecule has 1 N–H and O–H groups in total. The molecule has 1 aromatic rings. The van der Waals surface area contributed by atoms with Crippen molar-refractivity contribution in [2.75, 3.05) is 13.1 Å². The standard InChI is InChI=1S/C18H23N3O3/c1-13(14-7-3-2-4-8-14)21-17(23)15(19-18(21)24)9-10-16(22)20-11-5-6-12-20/h2-4,7-8,13,15H,5-6,9-12H2,1H3,(H,19,24)/t13-,15+/m1/s1. The van der Waals surface area contributed by atoms with Crippen molar-refractivity contribution >= 4 is 17.8 Å². The predicted molar refractivity (Wildman–Crippen MR) is 89.1 cm³/mol. The summed E-state index contributed by atoms with van der Waals surface area (Å²) in [5.74, 6) is -0.172. The van der Waals surface area contributed by atoms with E-state index in [4.69, 9.17) is 0 Å². The van der Waals surface area contributed by atoms with Crippen molar-refractivity contribution in [3.63, 3.8) is 0 Å². The summed E-state index contributed by atoms with van der Waals surface area (Å²) in [6.07, 6.45) is 2.75. The average Bonchev–Trinajstić information content (AvgIpc) is 3.22. The van der Waals surface area contributed by atoms with Crippen molar-refractivity contribution < 1.29 is 14.4 Å². The third-order valence-corrected chi connectivity index (χ3v) is 4.83. The van der Waals surface area contributed by atoms with Gasteiger partial charge in [-0.3, -0.25) is 14.5 Å². The molecule has 6 heteroatoms. The number of likely N-dealkylation sites (tertiary alicyclic amines) is 1. The molecule has 0 saturated carbocycles. The largest absolute Gasteiger partial charge is 0.343 e. The van der Waals surface area contributed by atoms with Gasteiger partial charge in [-0.2, -0.15) is 0 Å². The molecule has 4 amide bonds. The normalized spacial score (nSPS) is 22.0. The average molecular weight is 329 g/mol. The molecule has 2 aliphatic rings. The summed E-state index contributed by atoms with van der Waals surface area (Å²) < 4.78 is 0. The summed E-state index contributed by atoms with van der Waals surface area (Å²) in [6, 6.07) is 8.16. The van der Waals surface area contributed by atoms with E-state index in [0.717, 1.165) is 31.5 Å². The lowest BCUT2D eigenvalue weighted by Gasteiger charge is -2.22. The van der Waals surface area contributed by atoms with E-state index < -0.39 is 6.04 Å². The Kier molecular flexibility index (Phi) is 4.83. The Morgan fingerprint density at radius 2 is 1.88 bits per heavy atom. The second-order valence-corrected chi connectivity index (χ2v) is 6.42. The van der Waals surface area contributed by atoms with E-state index in [2.05, 4.69) is 5.32 Å². The van der Waals surface area contributed by atoms with Gasteiger partial charge in [-0.25, -0.2) is 4.79 Å². The quantitative estimate of drug-likeness (QED) is 0.841. The van der Waals surface area contributed by atoms with Gasteiger partial charge in [0.2, 0.25) is 5.91 Å². The summed E-state index contributed by atoms with van der Waals surface area (Å²) in [5.41, 5.74) is 0.912. The van der Waals surface area contributed by atoms with Crippen LogP contribution < -0.4 is 5.32 Å². The molecule has 1 aromatic carbocycles. The molecule has 2 fully saturated rings. The van der Waals surface area contributed by atoms with Gasteiger partial charge < -0.3 is 10.2 Å². The number of nitrogens with one attached hydrogen (secondary N) is 1. The maximum Gasteiger partial charge on any atom is 0.325 e. The second kappa shape index (κ2) is 7.03. The molecule has 0 unspecified atom stereocenters. The molecule has 2 aliphatic heterocycles. The van der Waals surface area contributed by atoms with E-state index in [-0.39, 0.29) is 23.9 Å². The first-order valence-corrected chi connectivity index (χ1v) is 8.54. The van der Waals surface area contributed by atoms with Crippen LogP contribution in [0.3, 0.4) is 0 Å². The van der Waals surface area contributed by atoms with Gasteiger partial charge in [0.25, 0.3) is 5.91 Å². The summed E-state index contributed by atoms with van der Waals surface area (Å²) in [4.78, 5) is 40.0. The van der Waals surface area contributed by atoms with Crippen LogP contribution in [0, 0.1) is 0 Å². The Balaban J connectivity index is 1.60. The minimum atomic E-state index is -0.602. The summed E-state index contributed by atoms with van der Waals surface area (Å²) in [7, 11) is 0. The number of nitrogens with zero attached hydrogens (tertiary/aromatic N) is 2. The number of urea groups is 1. The Hall–Kier alpha value is -2.37. The molecule has 128 valence electrons. The van der Waals surface area contributed by atoms with E-state index in [0.29, 0.717) is 12.8 Å². The van der Waals surface area contributed by atoms with Crippen molar-refractivity contribution in [2.24, 2.45) is 0 Å². The Labute approximate surface area is 141 Å². The lowest BCUT2D eigenvalue weighted by atomic mass is 10.1. The zero-order valence-electron chi connectivity index (χ0n) is 13.9. The number of imide groups is 1. The molecule has 0 radical (unpaired) electrons. The van der Waals surface area contributed by atoms with Crippen LogP contribution >= 0.6 is 0 Å². The van der Waals surface area contributed by atoms with Crippen molar-refractivity contribution in [2.45, 2.75) is 44.7 Å². The van der Waals surface area contributed by atoms with Gasteiger partial charge in [-0.05, 0) is 31.7 Å². The number of benzene rings is 1. The second-order valence-electron chi connectivity index (χ2n) is 6.42. The summed E-state index contributed by atoms with van der Waals surface area (Å²) in [6.45, 7) is 3.45. The highest BCUT2D eigenvalue weighted by Gasteiger charge is 2.41. The molecule has 24 heavy (non-hydrogen) atoms. The fourth-order valence-electron chi connectivity index (χ4n) is 3.38. The highest BCUT2D eigenvalue weighted by Crippen LogP contribution is 2.25. The van der Waals surface area contributed by atoms with E-state index in [1.165, 1.54) is 4.90 Å². The molecule has 0 bridgehead atoms. The van der Waals surface area contributed by atoms with Crippen LogP contribution in [-0.4, -0.2) is 46.8 Å². The third-order valence-electron chi connectivity index (χ3n) is 4.83. The maximum absolute atomic E-state index is 12.6. The number of carbonyl (C=O) groups excluding carboxylic acids is 3. The van der Waals surface area contributed by atoms with Crippen LogP contribution in [-0.2, 0) is 9.59 Å². The molecule has 0 spiro atoms. The molecule has 2 atom stereocenters. The van der Waals surface area contributed by atoms with Gasteiger partial charge in [0.05, 0.1) is 6.04 Å². The van der Waals surface area contributed by atoms with E-state index in [1.54, 1.807) is 0 Å². The number of amides is 4. The number of hydrogen-bond donors (Lipinski definition) is 1. The van der Waals surface area contributed by atoms with E-state index in [1.807, 2.05) is 42.2 Å². The van der Waals surface area contributed by atoms with E-state index >= 15 is 0 Å². The van der Waals surface area contributed by atoms with Gasteiger partial charge in [0.1, 0.15) is 6.04 Å². The van der Waals surface area contributed by atoms with Crippen molar-refractivity contribution in [3.8, 4) is 0 Å². The maximum atomic E-state index is 12.6. The number of rotatable bonds is 5. The van der Waals surface area contributed by atoms with Gasteiger partial charge in [-0.1, -0.05) is 30.3 Å².